The number of fused-ring (bicyclic) bond motifs is 1. The second-order valence-corrected chi connectivity index (χ2v) is 3.71. The zero-order valence-corrected chi connectivity index (χ0v) is 8.73. The summed E-state index contributed by atoms with van der Waals surface area (Å²) in [5.41, 5.74) is 0.804. The minimum absolute atomic E-state index is 0.233. The van der Waals surface area contributed by atoms with Crippen LogP contribution in [0.25, 0.3) is 0 Å². The van der Waals surface area contributed by atoms with Gasteiger partial charge in [0.1, 0.15) is 13.2 Å². The maximum atomic E-state index is 12.3. The van der Waals surface area contributed by atoms with Gasteiger partial charge < -0.3 is 9.47 Å². The summed E-state index contributed by atoms with van der Waals surface area (Å²) in [4.78, 5) is 0. The van der Waals surface area contributed by atoms with Gasteiger partial charge in [-0.3, -0.25) is 0 Å². The van der Waals surface area contributed by atoms with Gasteiger partial charge in [0.2, 0.25) is 0 Å². The van der Waals surface area contributed by atoms with Gasteiger partial charge in [0.15, 0.2) is 11.5 Å². The van der Waals surface area contributed by atoms with Gasteiger partial charge >= 0.3 is 6.18 Å². The topological polar surface area (TPSA) is 18.5 Å². The van der Waals surface area contributed by atoms with E-state index in [1.807, 2.05) is 0 Å². The largest absolute Gasteiger partial charge is 0.486 e. The molecule has 0 saturated carbocycles. The first-order valence-electron chi connectivity index (χ1n) is 4.91. The van der Waals surface area contributed by atoms with Crippen molar-refractivity contribution in [1.29, 1.82) is 0 Å². The summed E-state index contributed by atoms with van der Waals surface area (Å²) >= 11 is 0. The van der Waals surface area contributed by atoms with E-state index in [0.29, 0.717) is 30.3 Å². The van der Waals surface area contributed by atoms with Crippen LogP contribution in [-0.4, -0.2) is 19.4 Å². The molecule has 2 nitrogen and oxygen atoms in total. The van der Waals surface area contributed by atoms with Crippen LogP contribution in [0.4, 0.5) is 13.2 Å². The van der Waals surface area contributed by atoms with Crippen molar-refractivity contribution in [2.45, 2.75) is 19.5 Å². The van der Waals surface area contributed by atoms with Gasteiger partial charge in [0, 0.05) is 0 Å². The van der Waals surface area contributed by atoms with E-state index in [9.17, 15) is 13.2 Å². The van der Waals surface area contributed by atoms with Crippen molar-refractivity contribution in [1.82, 2.24) is 0 Å². The second-order valence-electron chi connectivity index (χ2n) is 3.71. The third-order valence-electron chi connectivity index (χ3n) is 2.39. The maximum Gasteiger partial charge on any atom is 0.393 e. The highest BCUT2D eigenvalue weighted by atomic mass is 19.4. The number of rotatable bonds is 1. The van der Waals surface area contributed by atoms with Crippen molar-refractivity contribution in [3.8, 4) is 11.5 Å². The molecule has 1 aromatic carbocycles. The SMILES string of the molecule is Cc1cc2c(cc1CC(F)(F)F)OCCO2. The molecule has 1 aliphatic rings. The molecular formula is C11H11F3O2. The van der Waals surface area contributed by atoms with E-state index in [4.69, 9.17) is 9.47 Å². The van der Waals surface area contributed by atoms with Crippen molar-refractivity contribution in [3.05, 3.63) is 23.3 Å². The third kappa shape index (κ3) is 2.40. The Morgan fingerprint density at radius 3 is 2.25 bits per heavy atom. The Morgan fingerprint density at radius 2 is 1.69 bits per heavy atom. The smallest absolute Gasteiger partial charge is 0.393 e. The molecular weight excluding hydrogens is 221 g/mol. The summed E-state index contributed by atoms with van der Waals surface area (Å²) < 4.78 is 47.4. The molecule has 1 aliphatic heterocycles. The molecule has 0 saturated heterocycles. The molecule has 88 valence electrons. The highest BCUT2D eigenvalue weighted by Crippen LogP contribution is 2.35. The molecule has 0 atom stereocenters. The lowest BCUT2D eigenvalue weighted by Crippen LogP contribution is -2.17. The van der Waals surface area contributed by atoms with E-state index in [2.05, 4.69) is 0 Å². The number of alkyl halides is 3. The second kappa shape index (κ2) is 3.88. The lowest BCUT2D eigenvalue weighted by molar-refractivity contribution is -0.127. The van der Waals surface area contributed by atoms with Gasteiger partial charge in [0.05, 0.1) is 6.42 Å². The minimum atomic E-state index is -4.20. The monoisotopic (exact) mass is 232 g/mol. The summed E-state index contributed by atoms with van der Waals surface area (Å²) in [6.07, 6.45) is -5.13. The highest BCUT2D eigenvalue weighted by Gasteiger charge is 2.29. The average molecular weight is 232 g/mol. The van der Waals surface area contributed by atoms with Crippen LogP contribution in [0.3, 0.4) is 0 Å². The number of halogens is 3. The Morgan fingerprint density at radius 1 is 1.12 bits per heavy atom. The number of aryl methyl sites for hydroxylation is 1. The summed E-state index contributed by atoms with van der Waals surface area (Å²) in [6, 6.07) is 3.01. The van der Waals surface area contributed by atoms with E-state index in [-0.39, 0.29) is 5.56 Å². The van der Waals surface area contributed by atoms with Crippen molar-refractivity contribution >= 4 is 0 Å². The van der Waals surface area contributed by atoms with Crippen LogP contribution in [0.15, 0.2) is 12.1 Å². The molecule has 0 N–H and O–H groups in total. The van der Waals surface area contributed by atoms with E-state index in [1.54, 1.807) is 13.0 Å². The Bertz CT molecular complexity index is 399. The van der Waals surface area contributed by atoms with Crippen LogP contribution in [0.1, 0.15) is 11.1 Å². The molecule has 0 unspecified atom stereocenters. The lowest BCUT2D eigenvalue weighted by atomic mass is 10.0. The first-order valence-corrected chi connectivity index (χ1v) is 4.91. The molecule has 0 aromatic heterocycles. The minimum Gasteiger partial charge on any atom is -0.486 e. The van der Waals surface area contributed by atoms with Crippen LogP contribution < -0.4 is 9.47 Å². The standard InChI is InChI=1S/C11H11F3O2/c1-7-4-9-10(16-3-2-15-9)5-8(7)6-11(12,13)14/h4-5H,2-3,6H2,1H3. The summed E-state index contributed by atoms with van der Waals surface area (Å²) in [5.74, 6) is 0.922. The Kier molecular flexibility index (Phi) is 2.69. The molecule has 1 aromatic rings. The Labute approximate surface area is 91.0 Å². The van der Waals surface area contributed by atoms with Crippen molar-refractivity contribution in [3.63, 3.8) is 0 Å². The van der Waals surface area contributed by atoms with Gasteiger partial charge in [-0.25, -0.2) is 0 Å². The lowest BCUT2D eigenvalue weighted by Gasteiger charge is -2.20. The van der Waals surface area contributed by atoms with Crippen molar-refractivity contribution in [2.24, 2.45) is 0 Å². The molecule has 0 amide bonds. The molecule has 0 spiro atoms. The van der Waals surface area contributed by atoms with Gasteiger partial charge in [0.25, 0.3) is 0 Å². The average Bonchev–Trinajstić information content (AvgIpc) is 2.17. The molecule has 0 aliphatic carbocycles. The first-order chi connectivity index (χ1) is 7.46. The zero-order valence-electron chi connectivity index (χ0n) is 8.73. The molecule has 16 heavy (non-hydrogen) atoms. The predicted octanol–water partition coefficient (Wildman–Crippen LogP) is 2.87. The van der Waals surface area contributed by atoms with Gasteiger partial charge in [-0.15, -0.1) is 0 Å². The van der Waals surface area contributed by atoms with E-state index < -0.39 is 12.6 Å². The van der Waals surface area contributed by atoms with Crippen LogP contribution in [-0.2, 0) is 6.42 Å². The number of hydrogen-bond acceptors (Lipinski definition) is 2. The fourth-order valence-electron chi connectivity index (χ4n) is 1.64. The van der Waals surface area contributed by atoms with Crippen LogP contribution in [0.5, 0.6) is 11.5 Å². The fraction of sp³-hybridized carbons (Fsp3) is 0.455. The first kappa shape index (κ1) is 11.1. The van der Waals surface area contributed by atoms with Crippen molar-refractivity contribution in [2.75, 3.05) is 13.2 Å². The van der Waals surface area contributed by atoms with Crippen LogP contribution in [0.2, 0.25) is 0 Å². The van der Waals surface area contributed by atoms with Gasteiger partial charge in [-0.1, -0.05) is 0 Å². The van der Waals surface area contributed by atoms with Gasteiger partial charge in [-0.05, 0) is 30.2 Å². The Balaban J connectivity index is 2.32. The summed E-state index contributed by atoms with van der Waals surface area (Å²) in [7, 11) is 0. The Hall–Kier alpha value is -1.39. The normalized spacial score (nSPS) is 15.0. The molecule has 2 rings (SSSR count). The molecule has 0 bridgehead atoms. The van der Waals surface area contributed by atoms with E-state index >= 15 is 0 Å². The number of ether oxygens (including phenoxy) is 2. The molecule has 0 fully saturated rings. The summed E-state index contributed by atoms with van der Waals surface area (Å²) in [6.45, 7) is 2.45. The van der Waals surface area contributed by atoms with Crippen molar-refractivity contribution < 1.29 is 22.6 Å². The van der Waals surface area contributed by atoms with Crippen LogP contribution >= 0.6 is 0 Å². The number of hydrogen-bond donors (Lipinski definition) is 0. The zero-order chi connectivity index (χ0) is 11.8. The predicted molar refractivity (Wildman–Crippen MR) is 51.9 cm³/mol. The highest BCUT2D eigenvalue weighted by molar-refractivity contribution is 5.48. The molecule has 5 heteroatoms. The van der Waals surface area contributed by atoms with Gasteiger partial charge in [-0.2, -0.15) is 13.2 Å². The number of benzene rings is 1. The summed E-state index contributed by atoms with van der Waals surface area (Å²) in [5, 5.41) is 0. The maximum absolute atomic E-state index is 12.3. The third-order valence-corrected chi connectivity index (χ3v) is 2.39. The quantitative estimate of drug-likeness (QED) is 0.741. The van der Waals surface area contributed by atoms with E-state index in [1.165, 1.54) is 6.07 Å². The van der Waals surface area contributed by atoms with E-state index in [0.717, 1.165) is 0 Å². The fourth-order valence-corrected chi connectivity index (χ4v) is 1.64. The molecule has 0 radical (unpaired) electrons. The van der Waals surface area contributed by atoms with Crippen LogP contribution in [0, 0.1) is 6.92 Å². The molecule has 1 heterocycles.